The molecule has 0 spiro atoms. The molecule has 2 aromatic carbocycles. The van der Waals surface area contributed by atoms with Gasteiger partial charge in [-0.2, -0.15) is 0 Å². The molecule has 0 aliphatic carbocycles. The van der Waals surface area contributed by atoms with E-state index in [1.54, 1.807) is 44.1 Å². The molecule has 1 amide bonds. The zero-order valence-electron chi connectivity index (χ0n) is 19.0. The van der Waals surface area contributed by atoms with Crippen LogP contribution in [0.2, 0.25) is 0 Å². The van der Waals surface area contributed by atoms with E-state index in [-0.39, 0.29) is 5.56 Å². The number of ether oxygens (including phenoxy) is 2. The average Bonchev–Trinajstić information content (AvgIpc) is 2.77. The molecule has 1 N–H and O–H groups in total. The first-order chi connectivity index (χ1) is 15.2. The maximum absolute atomic E-state index is 12.8. The molecule has 0 unspecified atom stereocenters. The molecule has 32 heavy (non-hydrogen) atoms. The molecule has 3 aromatic rings. The fourth-order valence-electron chi connectivity index (χ4n) is 3.58. The number of nitrogens with one attached hydrogen (secondary N) is 1. The van der Waals surface area contributed by atoms with Crippen molar-refractivity contribution < 1.29 is 19.1 Å². The number of methoxy groups -OCH3 is 2. The van der Waals surface area contributed by atoms with Crippen molar-refractivity contribution in [1.29, 1.82) is 0 Å². The molecule has 0 radical (unpaired) electrons. The van der Waals surface area contributed by atoms with Crippen LogP contribution in [0.4, 0.5) is 11.6 Å². The number of aromatic nitrogens is 2. The third-order valence-corrected chi connectivity index (χ3v) is 5.25. The highest BCUT2D eigenvalue weighted by Gasteiger charge is 2.18. The Kier molecular flexibility index (Phi) is 6.47. The summed E-state index contributed by atoms with van der Waals surface area (Å²) in [5, 5.41) is 0.436. The molecule has 0 saturated heterocycles. The third kappa shape index (κ3) is 4.27. The Bertz CT molecular complexity index is 1250. The highest BCUT2D eigenvalue weighted by molar-refractivity contribution is 6.40. The van der Waals surface area contributed by atoms with Crippen LogP contribution in [0.15, 0.2) is 35.1 Å². The number of H-pyrrole nitrogens is 1. The van der Waals surface area contributed by atoms with Gasteiger partial charge in [-0.05, 0) is 24.6 Å². The number of fused-ring (bicyclic) bond motifs is 1. The maximum atomic E-state index is 12.8. The van der Waals surface area contributed by atoms with Gasteiger partial charge >= 0.3 is 0 Å². The van der Waals surface area contributed by atoms with Crippen molar-refractivity contribution in [2.75, 3.05) is 38.1 Å². The zero-order chi connectivity index (χ0) is 23.6. The fraction of sp³-hybridized carbons (Fsp3) is 0.304. The predicted molar refractivity (Wildman–Crippen MR) is 123 cm³/mol. The van der Waals surface area contributed by atoms with Crippen LogP contribution in [-0.2, 0) is 16.1 Å². The Morgan fingerprint density at radius 3 is 2.47 bits per heavy atom. The van der Waals surface area contributed by atoms with E-state index in [1.165, 1.54) is 26.0 Å². The van der Waals surface area contributed by atoms with Gasteiger partial charge < -0.3 is 19.3 Å². The first-order valence-electron chi connectivity index (χ1n) is 9.92. The van der Waals surface area contributed by atoms with Crippen LogP contribution < -0.4 is 24.8 Å². The van der Waals surface area contributed by atoms with E-state index in [4.69, 9.17) is 9.47 Å². The number of Topliss-reactive ketones (excluding diaryl/α,β-unsaturated/α-hetero) is 1. The lowest BCUT2D eigenvalue weighted by molar-refractivity contribution is -0.134. The number of aromatic amines is 1. The van der Waals surface area contributed by atoms with Crippen LogP contribution in [0.3, 0.4) is 0 Å². The number of amides is 1. The summed E-state index contributed by atoms with van der Waals surface area (Å²) in [7, 11) is 6.41. The fourth-order valence-corrected chi connectivity index (χ4v) is 3.58. The summed E-state index contributed by atoms with van der Waals surface area (Å²) in [6, 6.07) is 8.94. The highest BCUT2D eigenvalue weighted by atomic mass is 16.5. The maximum Gasteiger partial charge on any atom is 0.293 e. The van der Waals surface area contributed by atoms with Gasteiger partial charge in [-0.15, -0.1) is 0 Å². The van der Waals surface area contributed by atoms with E-state index < -0.39 is 11.7 Å². The molecule has 0 saturated carbocycles. The molecular weight excluding hydrogens is 412 g/mol. The SMILES string of the molecule is COc1cc2nc(N(C)Cc3cccc(N(C)C(=O)C(C)=O)c3)[nH]c(=O)c2c(C)c1OC. The number of hydrogen-bond donors (Lipinski definition) is 1. The van der Waals surface area contributed by atoms with Crippen LogP contribution in [0.25, 0.3) is 10.9 Å². The molecular formula is C23H26N4O5. The third-order valence-electron chi connectivity index (χ3n) is 5.25. The van der Waals surface area contributed by atoms with Gasteiger partial charge in [0.2, 0.25) is 11.7 Å². The second kappa shape index (κ2) is 9.09. The predicted octanol–water partition coefficient (Wildman–Crippen LogP) is 2.44. The molecule has 1 heterocycles. The van der Waals surface area contributed by atoms with Crippen molar-refractivity contribution in [3.05, 3.63) is 51.8 Å². The Hall–Kier alpha value is -3.88. The number of carbonyl (C=O) groups is 2. The van der Waals surface area contributed by atoms with Crippen LogP contribution in [0.1, 0.15) is 18.1 Å². The largest absolute Gasteiger partial charge is 0.493 e. The second-order valence-corrected chi connectivity index (χ2v) is 7.47. The van der Waals surface area contributed by atoms with Gasteiger partial charge in [0, 0.05) is 44.9 Å². The number of carbonyl (C=O) groups excluding carboxylic acids is 2. The van der Waals surface area contributed by atoms with E-state index >= 15 is 0 Å². The molecule has 0 bridgehead atoms. The molecule has 0 fully saturated rings. The van der Waals surface area contributed by atoms with Crippen LogP contribution >= 0.6 is 0 Å². The number of aryl methyl sites for hydroxylation is 1. The van der Waals surface area contributed by atoms with Gasteiger partial charge in [-0.3, -0.25) is 19.4 Å². The van der Waals surface area contributed by atoms with E-state index in [9.17, 15) is 14.4 Å². The summed E-state index contributed by atoms with van der Waals surface area (Å²) in [5.74, 6) is 0.253. The van der Waals surface area contributed by atoms with Crippen molar-refractivity contribution in [2.24, 2.45) is 0 Å². The van der Waals surface area contributed by atoms with E-state index in [2.05, 4.69) is 9.97 Å². The molecule has 0 aliphatic rings. The summed E-state index contributed by atoms with van der Waals surface area (Å²) >= 11 is 0. The minimum absolute atomic E-state index is 0.282. The first-order valence-corrected chi connectivity index (χ1v) is 9.92. The molecule has 0 aliphatic heterocycles. The van der Waals surface area contributed by atoms with Crippen LogP contribution in [-0.4, -0.2) is 50.0 Å². The van der Waals surface area contributed by atoms with Crippen molar-refractivity contribution in [3.8, 4) is 11.5 Å². The molecule has 168 valence electrons. The van der Waals surface area contributed by atoms with Gasteiger partial charge in [0.25, 0.3) is 11.5 Å². The zero-order valence-corrected chi connectivity index (χ0v) is 19.0. The van der Waals surface area contributed by atoms with Gasteiger partial charge in [0.1, 0.15) is 0 Å². The van der Waals surface area contributed by atoms with Crippen molar-refractivity contribution >= 4 is 34.2 Å². The number of anilines is 2. The van der Waals surface area contributed by atoms with Crippen molar-refractivity contribution in [3.63, 3.8) is 0 Å². The summed E-state index contributed by atoms with van der Waals surface area (Å²) in [5.41, 5.74) is 2.33. The summed E-state index contributed by atoms with van der Waals surface area (Å²) in [6.45, 7) is 3.44. The molecule has 9 nitrogen and oxygen atoms in total. The van der Waals surface area contributed by atoms with E-state index in [0.717, 1.165) is 5.56 Å². The van der Waals surface area contributed by atoms with Crippen molar-refractivity contribution in [1.82, 2.24) is 9.97 Å². The van der Waals surface area contributed by atoms with Crippen LogP contribution in [0, 0.1) is 6.92 Å². The van der Waals surface area contributed by atoms with E-state index in [1.807, 2.05) is 12.1 Å². The Morgan fingerprint density at radius 2 is 1.84 bits per heavy atom. The normalized spacial score (nSPS) is 10.7. The summed E-state index contributed by atoms with van der Waals surface area (Å²) in [6.07, 6.45) is 0. The number of ketones is 1. The standard InChI is InChI=1S/C23H26N4O5/c1-13-19-17(11-18(31-5)20(13)32-6)24-23(25-21(19)29)26(3)12-15-8-7-9-16(10-15)27(4)22(30)14(2)28/h7-11H,12H2,1-6H3,(H,24,25,29). The summed E-state index contributed by atoms with van der Waals surface area (Å²) < 4.78 is 10.8. The highest BCUT2D eigenvalue weighted by Crippen LogP contribution is 2.35. The smallest absolute Gasteiger partial charge is 0.293 e. The van der Waals surface area contributed by atoms with Gasteiger partial charge in [0.05, 0.1) is 25.1 Å². The van der Waals surface area contributed by atoms with Crippen LogP contribution in [0.5, 0.6) is 11.5 Å². The Morgan fingerprint density at radius 1 is 1.12 bits per heavy atom. The summed E-state index contributed by atoms with van der Waals surface area (Å²) in [4.78, 5) is 46.7. The number of rotatable bonds is 7. The lowest BCUT2D eigenvalue weighted by Gasteiger charge is -2.21. The lowest BCUT2D eigenvalue weighted by Crippen LogP contribution is -2.31. The number of hydrogen-bond acceptors (Lipinski definition) is 7. The van der Waals surface area contributed by atoms with Crippen molar-refractivity contribution in [2.45, 2.75) is 20.4 Å². The lowest BCUT2D eigenvalue weighted by atomic mass is 10.1. The van der Waals surface area contributed by atoms with Gasteiger partial charge in [-0.25, -0.2) is 4.98 Å². The minimum atomic E-state index is -0.587. The van der Waals surface area contributed by atoms with Gasteiger partial charge in [-0.1, -0.05) is 12.1 Å². The Balaban J connectivity index is 1.95. The first kappa shape index (κ1) is 22.8. The number of benzene rings is 2. The molecule has 1 aromatic heterocycles. The quantitative estimate of drug-likeness (QED) is 0.565. The monoisotopic (exact) mass is 438 g/mol. The second-order valence-electron chi connectivity index (χ2n) is 7.47. The molecule has 9 heteroatoms. The molecule has 0 atom stereocenters. The Labute approximate surface area is 185 Å². The number of nitrogens with zero attached hydrogens (tertiary/aromatic N) is 3. The average molecular weight is 438 g/mol. The minimum Gasteiger partial charge on any atom is -0.493 e. The number of likely N-dealkylation sites (N-methyl/N-ethyl adjacent to an activating group) is 1. The molecule has 3 rings (SSSR count). The van der Waals surface area contributed by atoms with Gasteiger partial charge in [0.15, 0.2) is 11.5 Å². The topological polar surface area (TPSA) is 105 Å². The van der Waals surface area contributed by atoms with E-state index in [0.29, 0.717) is 46.1 Å².